The van der Waals surface area contributed by atoms with E-state index in [1.54, 1.807) is 19.1 Å². The molecule has 4 bridgehead atoms. The second-order valence-corrected chi connectivity index (χ2v) is 8.63. The van der Waals surface area contributed by atoms with Crippen molar-refractivity contribution in [2.45, 2.75) is 63.5 Å². The second kappa shape index (κ2) is 6.67. The number of halogens is 1. The lowest BCUT2D eigenvalue weighted by molar-refractivity contribution is -0.156. The number of nitrogens with one attached hydrogen (secondary N) is 1. The summed E-state index contributed by atoms with van der Waals surface area (Å²) in [6.07, 6.45) is 6.27. The number of amides is 1. The van der Waals surface area contributed by atoms with Crippen LogP contribution < -0.4 is 5.32 Å². The van der Waals surface area contributed by atoms with Crippen molar-refractivity contribution in [1.82, 2.24) is 5.32 Å². The number of carbonyl (C=O) groups is 2. The second-order valence-electron chi connectivity index (χ2n) is 8.63. The van der Waals surface area contributed by atoms with Crippen LogP contribution in [-0.4, -0.2) is 23.5 Å². The molecular formula is C21H26FNO3. The summed E-state index contributed by atoms with van der Waals surface area (Å²) in [4.78, 5) is 24.7. The van der Waals surface area contributed by atoms with Gasteiger partial charge in [-0.1, -0.05) is 12.1 Å². The quantitative estimate of drug-likeness (QED) is 0.820. The van der Waals surface area contributed by atoms with E-state index in [-0.39, 0.29) is 23.7 Å². The minimum Gasteiger partial charge on any atom is -0.452 e. The molecule has 0 saturated heterocycles. The first kappa shape index (κ1) is 17.5. The molecule has 0 aliphatic heterocycles. The number of hydrogen-bond donors (Lipinski definition) is 1. The van der Waals surface area contributed by atoms with Crippen LogP contribution in [0.2, 0.25) is 0 Å². The number of hydrogen-bond acceptors (Lipinski definition) is 3. The highest BCUT2D eigenvalue weighted by Crippen LogP contribution is 2.55. The molecule has 5 heteroatoms. The summed E-state index contributed by atoms with van der Waals surface area (Å²) in [5.74, 6) is 1.12. The minimum atomic E-state index is -0.830. The zero-order valence-electron chi connectivity index (χ0n) is 15.2. The molecule has 4 aliphatic rings. The summed E-state index contributed by atoms with van der Waals surface area (Å²) in [6.45, 7) is 1.61. The van der Waals surface area contributed by atoms with Crippen LogP contribution in [-0.2, 0) is 20.7 Å². The summed E-state index contributed by atoms with van der Waals surface area (Å²) < 4.78 is 18.5. The van der Waals surface area contributed by atoms with Gasteiger partial charge >= 0.3 is 5.97 Å². The molecule has 0 radical (unpaired) electrons. The summed E-state index contributed by atoms with van der Waals surface area (Å²) in [7, 11) is 0. The SMILES string of the molecule is C[C@@H](OC(=O)Cc1cccc(F)c1)C(=O)NC12CC3CC(CC(C3)C1)C2. The third-order valence-electron chi connectivity index (χ3n) is 6.34. The van der Waals surface area contributed by atoms with Crippen molar-refractivity contribution in [1.29, 1.82) is 0 Å². The van der Waals surface area contributed by atoms with E-state index < -0.39 is 12.1 Å². The maximum atomic E-state index is 13.2. The van der Waals surface area contributed by atoms with Gasteiger partial charge in [-0.2, -0.15) is 0 Å². The Hall–Kier alpha value is -1.91. The summed E-state index contributed by atoms with van der Waals surface area (Å²) in [5, 5.41) is 3.23. The number of rotatable bonds is 5. The Morgan fingerprint density at radius 2 is 1.81 bits per heavy atom. The normalized spacial score (nSPS) is 32.9. The monoisotopic (exact) mass is 359 g/mol. The van der Waals surface area contributed by atoms with E-state index in [9.17, 15) is 14.0 Å². The van der Waals surface area contributed by atoms with Crippen LogP contribution in [0.15, 0.2) is 24.3 Å². The molecule has 1 atom stereocenters. The average molecular weight is 359 g/mol. The average Bonchev–Trinajstić information content (AvgIpc) is 2.52. The Balaban J connectivity index is 1.32. The van der Waals surface area contributed by atoms with Crippen LogP contribution in [0.25, 0.3) is 0 Å². The molecule has 0 spiro atoms. The smallest absolute Gasteiger partial charge is 0.311 e. The van der Waals surface area contributed by atoms with Crippen LogP contribution in [0.4, 0.5) is 4.39 Å². The molecule has 0 heterocycles. The van der Waals surface area contributed by atoms with Crippen molar-refractivity contribution in [2.75, 3.05) is 0 Å². The first-order chi connectivity index (χ1) is 12.4. The van der Waals surface area contributed by atoms with Crippen LogP contribution in [0.3, 0.4) is 0 Å². The lowest BCUT2D eigenvalue weighted by Gasteiger charge is -2.57. The van der Waals surface area contributed by atoms with Crippen LogP contribution in [0.5, 0.6) is 0 Å². The van der Waals surface area contributed by atoms with Gasteiger partial charge in [-0.3, -0.25) is 9.59 Å². The third kappa shape index (κ3) is 3.62. The molecule has 4 nitrogen and oxygen atoms in total. The fourth-order valence-corrected chi connectivity index (χ4v) is 5.73. The number of benzene rings is 1. The van der Waals surface area contributed by atoms with E-state index in [1.807, 2.05) is 0 Å². The van der Waals surface area contributed by atoms with Gasteiger partial charge in [-0.15, -0.1) is 0 Å². The van der Waals surface area contributed by atoms with Gasteiger partial charge in [0.05, 0.1) is 6.42 Å². The predicted molar refractivity (Wildman–Crippen MR) is 94.7 cm³/mol. The van der Waals surface area contributed by atoms with Gasteiger partial charge in [-0.05, 0) is 80.9 Å². The van der Waals surface area contributed by atoms with Crippen molar-refractivity contribution < 1.29 is 18.7 Å². The molecule has 5 rings (SSSR count). The summed E-state index contributed by atoms with van der Waals surface area (Å²) in [5.41, 5.74) is 0.457. The summed E-state index contributed by atoms with van der Waals surface area (Å²) >= 11 is 0. The first-order valence-corrected chi connectivity index (χ1v) is 9.67. The number of ether oxygens (including phenoxy) is 1. The van der Waals surface area contributed by atoms with Gasteiger partial charge in [0, 0.05) is 5.54 Å². The predicted octanol–water partition coefficient (Wildman–Crippen LogP) is 3.38. The Morgan fingerprint density at radius 1 is 1.19 bits per heavy atom. The van der Waals surface area contributed by atoms with E-state index in [1.165, 1.54) is 31.4 Å². The van der Waals surface area contributed by atoms with Gasteiger partial charge in [0.2, 0.25) is 0 Å². The van der Waals surface area contributed by atoms with Crippen molar-refractivity contribution >= 4 is 11.9 Å². The molecule has 1 aromatic carbocycles. The largest absolute Gasteiger partial charge is 0.452 e. The van der Waals surface area contributed by atoms with Gasteiger partial charge < -0.3 is 10.1 Å². The lowest BCUT2D eigenvalue weighted by Crippen LogP contribution is -2.61. The molecule has 0 aromatic heterocycles. The summed E-state index contributed by atoms with van der Waals surface area (Å²) in [6, 6.07) is 5.86. The maximum absolute atomic E-state index is 13.2. The van der Waals surface area contributed by atoms with Crippen molar-refractivity contribution in [2.24, 2.45) is 17.8 Å². The zero-order valence-corrected chi connectivity index (χ0v) is 15.2. The Morgan fingerprint density at radius 3 is 2.38 bits per heavy atom. The van der Waals surface area contributed by atoms with E-state index in [2.05, 4.69) is 5.32 Å². The fourth-order valence-electron chi connectivity index (χ4n) is 5.73. The van der Waals surface area contributed by atoms with E-state index in [0.717, 1.165) is 37.0 Å². The highest BCUT2D eigenvalue weighted by Gasteiger charge is 2.51. The third-order valence-corrected chi connectivity index (χ3v) is 6.34. The lowest BCUT2D eigenvalue weighted by atomic mass is 9.53. The molecular weight excluding hydrogens is 333 g/mol. The molecule has 4 fully saturated rings. The van der Waals surface area contributed by atoms with Gasteiger partial charge in [0.25, 0.3) is 5.91 Å². The van der Waals surface area contributed by atoms with Gasteiger partial charge in [-0.25, -0.2) is 4.39 Å². The van der Waals surface area contributed by atoms with Crippen molar-refractivity contribution in [3.05, 3.63) is 35.6 Å². The van der Waals surface area contributed by atoms with E-state index in [0.29, 0.717) is 5.56 Å². The van der Waals surface area contributed by atoms with E-state index >= 15 is 0 Å². The molecule has 1 amide bonds. The standard InChI is InChI=1S/C21H26FNO3/c1-13(26-19(24)9-14-3-2-4-18(22)8-14)20(25)23-21-10-15-5-16(11-21)7-17(6-15)12-21/h2-4,8,13,15-17H,5-7,9-12H2,1H3,(H,23,25)/t13-,15?,16?,17?,21?/m1/s1. The molecule has 26 heavy (non-hydrogen) atoms. The topological polar surface area (TPSA) is 55.4 Å². The molecule has 4 saturated carbocycles. The van der Waals surface area contributed by atoms with Crippen LogP contribution >= 0.6 is 0 Å². The highest BCUT2D eigenvalue weighted by molar-refractivity contribution is 5.84. The Bertz CT molecular complexity index is 682. The Labute approximate surface area is 153 Å². The first-order valence-electron chi connectivity index (χ1n) is 9.67. The molecule has 1 N–H and O–H groups in total. The number of esters is 1. The Kier molecular flexibility index (Phi) is 4.49. The van der Waals surface area contributed by atoms with E-state index in [4.69, 9.17) is 4.74 Å². The van der Waals surface area contributed by atoms with Crippen molar-refractivity contribution in [3.8, 4) is 0 Å². The minimum absolute atomic E-state index is 0.0350. The fraction of sp³-hybridized carbons (Fsp3) is 0.619. The maximum Gasteiger partial charge on any atom is 0.311 e. The molecule has 4 aliphatic carbocycles. The van der Waals surface area contributed by atoms with Crippen molar-refractivity contribution in [3.63, 3.8) is 0 Å². The molecule has 140 valence electrons. The van der Waals surface area contributed by atoms with Gasteiger partial charge in [0.1, 0.15) is 5.82 Å². The van der Waals surface area contributed by atoms with Gasteiger partial charge in [0.15, 0.2) is 6.10 Å². The molecule has 0 unspecified atom stereocenters. The highest BCUT2D eigenvalue weighted by atomic mass is 19.1. The zero-order chi connectivity index (χ0) is 18.3. The van der Waals surface area contributed by atoms with Crippen LogP contribution in [0, 0.1) is 23.6 Å². The van der Waals surface area contributed by atoms with Crippen LogP contribution in [0.1, 0.15) is 51.0 Å². The number of carbonyl (C=O) groups excluding carboxylic acids is 2. The molecule has 1 aromatic rings.